The first-order valence-corrected chi connectivity index (χ1v) is 9.30. The molecule has 1 aliphatic rings. The summed E-state index contributed by atoms with van der Waals surface area (Å²) in [7, 11) is 1.68. The van der Waals surface area contributed by atoms with E-state index < -0.39 is 0 Å². The van der Waals surface area contributed by atoms with Crippen molar-refractivity contribution in [3.05, 3.63) is 29.8 Å². The minimum absolute atomic E-state index is 0. The molecule has 1 amide bonds. The van der Waals surface area contributed by atoms with Gasteiger partial charge in [0, 0.05) is 31.1 Å². The highest BCUT2D eigenvalue weighted by atomic mass is 127. The molecule has 1 aromatic rings. The number of nitrogens with one attached hydrogen (secondary N) is 2. The molecule has 27 heavy (non-hydrogen) atoms. The first-order chi connectivity index (χ1) is 12.3. The summed E-state index contributed by atoms with van der Waals surface area (Å²) in [6.45, 7) is 10.7. The second kappa shape index (κ2) is 10.7. The largest absolute Gasteiger partial charge is 0.497 e. The average Bonchev–Trinajstić information content (AvgIpc) is 3.07. The Morgan fingerprint density at radius 1 is 1.30 bits per heavy atom. The number of nitrogens with zero attached hydrogens (tertiary/aromatic N) is 2. The number of likely N-dealkylation sites (tertiary alicyclic amines) is 1. The van der Waals surface area contributed by atoms with E-state index in [0.29, 0.717) is 5.92 Å². The Labute approximate surface area is 180 Å². The van der Waals surface area contributed by atoms with Gasteiger partial charge in [-0.25, -0.2) is 4.99 Å². The molecule has 1 fully saturated rings. The highest BCUT2D eigenvalue weighted by molar-refractivity contribution is 14.0. The average molecular weight is 488 g/mol. The van der Waals surface area contributed by atoms with Crippen molar-refractivity contribution in [3.63, 3.8) is 0 Å². The quantitative estimate of drug-likeness (QED) is 0.380. The van der Waals surface area contributed by atoms with Gasteiger partial charge in [-0.05, 0) is 51.8 Å². The SMILES string of the molecule is CCNC(=NCC(=O)NC(C)(C)C)N1CCC(c2ccc(OC)cc2)C1.I. The molecule has 1 heterocycles. The Kier molecular flexibility index (Phi) is 9.35. The zero-order valence-corrected chi connectivity index (χ0v) is 19.4. The lowest BCUT2D eigenvalue weighted by Crippen LogP contribution is -2.44. The predicted octanol–water partition coefficient (Wildman–Crippen LogP) is 2.98. The first-order valence-electron chi connectivity index (χ1n) is 9.30. The molecule has 7 heteroatoms. The van der Waals surface area contributed by atoms with Crippen molar-refractivity contribution in [2.75, 3.05) is 33.3 Å². The van der Waals surface area contributed by atoms with Crippen LogP contribution in [0.15, 0.2) is 29.3 Å². The van der Waals surface area contributed by atoms with Crippen molar-refractivity contribution >= 4 is 35.8 Å². The number of aliphatic imine (C=N–C) groups is 1. The van der Waals surface area contributed by atoms with E-state index in [2.05, 4.69) is 32.7 Å². The molecule has 6 nitrogen and oxygen atoms in total. The summed E-state index contributed by atoms with van der Waals surface area (Å²) in [6.07, 6.45) is 1.07. The molecule has 1 unspecified atom stereocenters. The van der Waals surface area contributed by atoms with Crippen LogP contribution in [0.5, 0.6) is 5.75 Å². The lowest BCUT2D eigenvalue weighted by Gasteiger charge is -2.23. The van der Waals surface area contributed by atoms with Crippen LogP contribution < -0.4 is 15.4 Å². The van der Waals surface area contributed by atoms with E-state index >= 15 is 0 Å². The molecule has 2 rings (SSSR count). The van der Waals surface area contributed by atoms with E-state index in [0.717, 1.165) is 37.8 Å². The predicted molar refractivity (Wildman–Crippen MR) is 121 cm³/mol. The van der Waals surface area contributed by atoms with E-state index in [4.69, 9.17) is 4.74 Å². The van der Waals surface area contributed by atoms with Crippen LogP contribution in [-0.4, -0.2) is 55.6 Å². The zero-order chi connectivity index (χ0) is 19.2. The van der Waals surface area contributed by atoms with Gasteiger partial charge in [0.1, 0.15) is 12.3 Å². The van der Waals surface area contributed by atoms with Crippen LogP contribution in [0.2, 0.25) is 0 Å². The molecule has 0 bridgehead atoms. The molecule has 1 aliphatic heterocycles. The van der Waals surface area contributed by atoms with Crippen LogP contribution in [0, 0.1) is 0 Å². The lowest BCUT2D eigenvalue weighted by molar-refractivity contribution is -0.121. The fourth-order valence-corrected chi connectivity index (χ4v) is 3.13. The van der Waals surface area contributed by atoms with Crippen molar-refractivity contribution in [2.24, 2.45) is 4.99 Å². The maximum Gasteiger partial charge on any atom is 0.242 e. The lowest BCUT2D eigenvalue weighted by atomic mass is 9.98. The molecule has 152 valence electrons. The molecular weight excluding hydrogens is 455 g/mol. The maximum atomic E-state index is 12.1. The second-order valence-corrected chi connectivity index (χ2v) is 7.67. The van der Waals surface area contributed by atoms with E-state index in [1.807, 2.05) is 39.8 Å². The second-order valence-electron chi connectivity index (χ2n) is 7.67. The molecule has 1 saturated heterocycles. The smallest absolute Gasteiger partial charge is 0.242 e. The Bertz CT molecular complexity index is 626. The summed E-state index contributed by atoms with van der Waals surface area (Å²) in [5, 5.41) is 6.26. The van der Waals surface area contributed by atoms with Gasteiger partial charge in [0.25, 0.3) is 0 Å². The van der Waals surface area contributed by atoms with Gasteiger partial charge in [-0.1, -0.05) is 12.1 Å². The van der Waals surface area contributed by atoms with Crippen LogP contribution in [0.4, 0.5) is 0 Å². The summed E-state index contributed by atoms with van der Waals surface area (Å²) >= 11 is 0. The monoisotopic (exact) mass is 488 g/mol. The molecule has 0 spiro atoms. The fraction of sp³-hybridized carbons (Fsp3) is 0.600. The van der Waals surface area contributed by atoms with Gasteiger partial charge >= 0.3 is 0 Å². The number of guanidine groups is 1. The van der Waals surface area contributed by atoms with Gasteiger partial charge in [-0.15, -0.1) is 24.0 Å². The number of carbonyl (C=O) groups is 1. The highest BCUT2D eigenvalue weighted by Gasteiger charge is 2.26. The standard InChI is InChI=1S/C20H32N4O2.HI/c1-6-21-19(22-13-18(25)23-20(2,3)4)24-12-11-16(14-24)15-7-9-17(26-5)10-8-15;/h7-10,16H,6,11-14H2,1-5H3,(H,21,22)(H,23,25);1H. The third kappa shape index (κ3) is 7.56. The fourth-order valence-electron chi connectivity index (χ4n) is 3.13. The number of benzene rings is 1. The van der Waals surface area contributed by atoms with Crippen molar-refractivity contribution in [3.8, 4) is 5.75 Å². The molecular formula is C20H33IN4O2. The summed E-state index contributed by atoms with van der Waals surface area (Å²) in [5.41, 5.74) is 1.08. The van der Waals surface area contributed by atoms with Crippen LogP contribution in [-0.2, 0) is 4.79 Å². The Morgan fingerprint density at radius 2 is 1.96 bits per heavy atom. The molecule has 1 atom stereocenters. The van der Waals surface area contributed by atoms with E-state index in [9.17, 15) is 4.79 Å². The number of hydrogen-bond donors (Lipinski definition) is 2. The van der Waals surface area contributed by atoms with Crippen molar-refractivity contribution in [2.45, 2.75) is 45.6 Å². The number of hydrogen-bond acceptors (Lipinski definition) is 3. The Balaban J connectivity index is 0.00000364. The third-order valence-electron chi connectivity index (χ3n) is 4.30. The van der Waals surface area contributed by atoms with Gasteiger partial charge in [0.15, 0.2) is 5.96 Å². The van der Waals surface area contributed by atoms with Crippen LogP contribution >= 0.6 is 24.0 Å². The summed E-state index contributed by atoms with van der Waals surface area (Å²) < 4.78 is 5.23. The molecule has 0 aliphatic carbocycles. The van der Waals surface area contributed by atoms with Crippen LogP contribution in [0.1, 0.15) is 45.6 Å². The number of ether oxygens (including phenoxy) is 1. The van der Waals surface area contributed by atoms with E-state index in [1.165, 1.54) is 5.56 Å². The van der Waals surface area contributed by atoms with Crippen LogP contribution in [0.3, 0.4) is 0 Å². The first kappa shape index (κ1) is 23.5. The third-order valence-corrected chi connectivity index (χ3v) is 4.30. The minimum Gasteiger partial charge on any atom is -0.497 e. The number of methoxy groups -OCH3 is 1. The van der Waals surface area contributed by atoms with Crippen LogP contribution in [0.25, 0.3) is 0 Å². The molecule has 2 N–H and O–H groups in total. The summed E-state index contributed by atoms with van der Waals surface area (Å²) in [4.78, 5) is 18.8. The minimum atomic E-state index is -0.238. The number of rotatable bonds is 5. The highest BCUT2D eigenvalue weighted by Crippen LogP contribution is 2.28. The number of amides is 1. The molecule has 0 radical (unpaired) electrons. The van der Waals surface area contributed by atoms with Gasteiger partial charge in [-0.2, -0.15) is 0 Å². The number of halogens is 1. The van der Waals surface area contributed by atoms with Gasteiger partial charge in [0.05, 0.1) is 7.11 Å². The zero-order valence-electron chi connectivity index (χ0n) is 17.0. The van der Waals surface area contributed by atoms with Crippen molar-refractivity contribution in [1.29, 1.82) is 0 Å². The van der Waals surface area contributed by atoms with Gasteiger partial charge < -0.3 is 20.3 Å². The summed E-state index contributed by atoms with van der Waals surface area (Å²) in [6, 6.07) is 8.28. The molecule has 0 saturated carbocycles. The van der Waals surface area contributed by atoms with Gasteiger partial charge in [0.2, 0.25) is 5.91 Å². The summed E-state index contributed by atoms with van der Waals surface area (Å²) in [5.74, 6) is 2.10. The number of carbonyl (C=O) groups excluding carboxylic acids is 1. The van der Waals surface area contributed by atoms with Gasteiger partial charge in [-0.3, -0.25) is 4.79 Å². The van der Waals surface area contributed by atoms with Crippen molar-refractivity contribution in [1.82, 2.24) is 15.5 Å². The normalized spacial score (nSPS) is 17.3. The van der Waals surface area contributed by atoms with E-state index in [1.54, 1.807) is 7.11 Å². The molecule has 1 aromatic carbocycles. The topological polar surface area (TPSA) is 66.0 Å². The molecule has 0 aromatic heterocycles. The Morgan fingerprint density at radius 3 is 2.52 bits per heavy atom. The van der Waals surface area contributed by atoms with E-state index in [-0.39, 0.29) is 42.0 Å². The Hall–Kier alpha value is -1.51. The maximum absolute atomic E-state index is 12.1. The van der Waals surface area contributed by atoms with Crippen molar-refractivity contribution < 1.29 is 9.53 Å².